The minimum atomic E-state index is -6.65. The molecule has 0 amide bonds. The van der Waals surface area contributed by atoms with Gasteiger partial charge in [0.2, 0.25) is 0 Å². The van der Waals surface area contributed by atoms with E-state index in [0.717, 1.165) is 12.1 Å². The summed E-state index contributed by atoms with van der Waals surface area (Å²) in [4.78, 5) is 23.3. The molecule has 0 aliphatic carbocycles. The Balaban J connectivity index is 3.53. The minimum absolute atomic E-state index is 0.133. The van der Waals surface area contributed by atoms with Crippen molar-refractivity contribution in [3.63, 3.8) is 0 Å². The first kappa shape index (κ1) is 23.4. The normalized spacial score (nSPS) is 13.2. The van der Waals surface area contributed by atoms with E-state index < -0.39 is 41.3 Å². The molecule has 156 valence electrons. The lowest BCUT2D eigenvalue weighted by Crippen LogP contribution is -2.53. The Morgan fingerprint density at radius 1 is 1.00 bits per heavy atom. The van der Waals surface area contributed by atoms with E-state index in [9.17, 15) is 40.3 Å². The number of ketones is 1. The number of allylic oxidation sites excluding steroid dienone is 1. The zero-order valence-corrected chi connectivity index (χ0v) is 14.6. The number of carbonyl (C=O) groups excluding carboxylic acids is 2. The Morgan fingerprint density at radius 3 is 2.07 bits per heavy atom. The Hall–Kier alpha value is -2.59. The molecule has 1 aromatic rings. The maximum atomic E-state index is 14.1. The number of esters is 1. The Bertz CT molecular complexity index is 754. The van der Waals surface area contributed by atoms with E-state index in [1.54, 1.807) is 0 Å². The molecule has 0 unspecified atom stereocenters. The lowest BCUT2D eigenvalue weighted by Gasteiger charge is -2.29. The summed E-state index contributed by atoms with van der Waals surface area (Å²) in [6.45, 7) is 2.29. The number of ether oxygens (including phenoxy) is 2. The van der Waals surface area contributed by atoms with Crippen LogP contribution in [0.25, 0.3) is 0 Å². The molecule has 0 atom stereocenters. The first-order valence-electron chi connectivity index (χ1n) is 7.80. The van der Waals surface area contributed by atoms with Crippen LogP contribution >= 0.6 is 0 Å². The van der Waals surface area contributed by atoms with E-state index in [-0.39, 0.29) is 24.7 Å². The summed E-state index contributed by atoms with van der Waals surface area (Å²) in [6, 6.07) is 4.48. The molecule has 0 spiro atoms. The van der Waals surface area contributed by atoms with Gasteiger partial charge in [0, 0.05) is 6.42 Å². The topological polar surface area (TPSA) is 52.6 Å². The van der Waals surface area contributed by atoms with Gasteiger partial charge in [-0.05, 0) is 19.1 Å². The zero-order chi connectivity index (χ0) is 21.8. The lowest BCUT2D eigenvalue weighted by molar-refractivity contribution is -0.348. The van der Waals surface area contributed by atoms with Crippen molar-refractivity contribution in [1.29, 1.82) is 0 Å². The number of benzene rings is 1. The van der Waals surface area contributed by atoms with Gasteiger partial charge in [0.25, 0.3) is 0 Å². The summed E-state index contributed by atoms with van der Waals surface area (Å²) >= 11 is 0. The molecule has 0 fully saturated rings. The Morgan fingerprint density at radius 2 is 1.57 bits per heavy atom. The van der Waals surface area contributed by atoms with Crippen LogP contribution in [0.5, 0.6) is 5.75 Å². The van der Waals surface area contributed by atoms with Crippen LogP contribution in [0.4, 0.5) is 30.7 Å². The highest BCUT2D eigenvalue weighted by Gasteiger charge is 2.75. The quantitative estimate of drug-likeness (QED) is 0.198. The van der Waals surface area contributed by atoms with Crippen molar-refractivity contribution in [2.75, 3.05) is 6.61 Å². The van der Waals surface area contributed by atoms with Gasteiger partial charge in [0.1, 0.15) is 5.75 Å². The van der Waals surface area contributed by atoms with Gasteiger partial charge >= 0.3 is 24.0 Å². The van der Waals surface area contributed by atoms with Crippen molar-refractivity contribution in [3.8, 4) is 5.75 Å². The molecule has 0 radical (unpaired) electrons. The van der Waals surface area contributed by atoms with Crippen LogP contribution in [0.1, 0.15) is 30.6 Å². The van der Waals surface area contributed by atoms with Crippen molar-refractivity contribution in [1.82, 2.24) is 0 Å². The third-order valence-electron chi connectivity index (χ3n) is 3.32. The first-order chi connectivity index (χ1) is 12.8. The fourth-order valence-corrected chi connectivity index (χ4v) is 1.90. The molecule has 0 aliphatic heterocycles. The second-order valence-electron chi connectivity index (χ2n) is 5.28. The highest BCUT2D eigenvalue weighted by Crippen LogP contribution is 2.50. The average Bonchev–Trinajstić information content (AvgIpc) is 2.60. The molecule has 0 saturated heterocycles. The number of rotatable bonds is 8. The van der Waals surface area contributed by atoms with E-state index in [2.05, 4.69) is 9.47 Å². The van der Waals surface area contributed by atoms with Crippen LogP contribution in [-0.2, 0) is 9.53 Å². The summed E-state index contributed by atoms with van der Waals surface area (Å²) in [5.74, 6) is -17.9. The third-order valence-corrected chi connectivity index (χ3v) is 3.32. The van der Waals surface area contributed by atoms with E-state index >= 15 is 0 Å². The van der Waals surface area contributed by atoms with Crippen molar-refractivity contribution >= 4 is 11.8 Å². The number of Topliss-reactive ketones (excluding diaryl/α,β-unsaturated/α-hetero) is 1. The summed E-state index contributed by atoms with van der Waals surface area (Å²) in [7, 11) is 0. The largest absolute Gasteiger partial charge is 0.463 e. The molecule has 0 aromatic heterocycles. The first-order valence-corrected chi connectivity index (χ1v) is 7.80. The second-order valence-corrected chi connectivity index (χ2v) is 5.28. The van der Waals surface area contributed by atoms with Crippen LogP contribution in [0, 0.1) is 0 Å². The van der Waals surface area contributed by atoms with Gasteiger partial charge in [0.15, 0.2) is 11.5 Å². The zero-order valence-electron chi connectivity index (χ0n) is 14.6. The van der Waals surface area contributed by atoms with Crippen LogP contribution in [0.15, 0.2) is 36.1 Å². The monoisotopic (exact) mass is 416 g/mol. The van der Waals surface area contributed by atoms with E-state index in [1.807, 2.05) is 0 Å². The van der Waals surface area contributed by atoms with Gasteiger partial charge in [-0.1, -0.05) is 19.1 Å². The van der Waals surface area contributed by atoms with E-state index in [4.69, 9.17) is 0 Å². The standard InChI is InChI=1S/C17H15F7O4/c1-3-11(25)10-7-5-6-8-12(10)28-13(9-14(26)27-4-2)15(18,19)16(20,21)17(22,23)24/h5-9H,3-4H2,1-2H3/b13-9-. The van der Waals surface area contributed by atoms with Gasteiger partial charge in [0.05, 0.1) is 18.2 Å². The second kappa shape index (κ2) is 8.61. The molecule has 0 N–H and O–H groups in total. The maximum Gasteiger partial charge on any atom is 0.460 e. The van der Waals surface area contributed by atoms with Crippen molar-refractivity contribution in [3.05, 3.63) is 41.7 Å². The molecule has 0 heterocycles. The highest BCUT2D eigenvalue weighted by atomic mass is 19.4. The van der Waals surface area contributed by atoms with Crippen LogP contribution < -0.4 is 4.74 Å². The summed E-state index contributed by atoms with van der Waals surface area (Å²) in [6.07, 6.45) is -7.09. The Labute approximate surface area is 154 Å². The third kappa shape index (κ3) is 4.82. The number of carbonyl (C=O) groups is 2. The molecule has 0 bridgehead atoms. The molecule has 4 nitrogen and oxygen atoms in total. The number of hydrogen-bond acceptors (Lipinski definition) is 4. The van der Waals surface area contributed by atoms with Crippen LogP contribution in [0.2, 0.25) is 0 Å². The number of hydrogen-bond donors (Lipinski definition) is 0. The van der Waals surface area contributed by atoms with Crippen molar-refractivity contribution < 1.29 is 49.8 Å². The molecular weight excluding hydrogens is 401 g/mol. The summed E-state index contributed by atoms with van der Waals surface area (Å²) < 4.78 is 101. The number of para-hydroxylation sites is 1. The van der Waals surface area contributed by atoms with Crippen LogP contribution in [0.3, 0.4) is 0 Å². The fraction of sp³-hybridized carbons (Fsp3) is 0.412. The van der Waals surface area contributed by atoms with E-state index in [1.165, 1.54) is 26.0 Å². The van der Waals surface area contributed by atoms with Gasteiger partial charge in [-0.15, -0.1) is 0 Å². The summed E-state index contributed by atoms with van der Waals surface area (Å²) in [5.41, 5.74) is -0.342. The predicted octanol–water partition coefficient (Wildman–Crippen LogP) is 4.94. The van der Waals surface area contributed by atoms with Gasteiger partial charge < -0.3 is 9.47 Å². The average molecular weight is 416 g/mol. The molecule has 0 aliphatic rings. The molecular formula is C17H15F7O4. The van der Waals surface area contributed by atoms with Crippen LogP contribution in [-0.4, -0.2) is 36.4 Å². The SMILES string of the molecule is CCOC(=O)/C=C(\Oc1ccccc1C(=O)CC)C(F)(F)C(F)(F)C(F)(F)F. The molecule has 11 heteroatoms. The lowest BCUT2D eigenvalue weighted by atomic mass is 10.1. The highest BCUT2D eigenvalue weighted by molar-refractivity contribution is 5.98. The van der Waals surface area contributed by atoms with Crippen molar-refractivity contribution in [2.45, 2.75) is 38.3 Å². The summed E-state index contributed by atoms with van der Waals surface area (Å²) in [5, 5.41) is 0. The minimum Gasteiger partial charge on any atom is -0.463 e. The molecule has 1 rings (SSSR count). The fourth-order valence-electron chi connectivity index (χ4n) is 1.90. The molecule has 0 saturated carbocycles. The van der Waals surface area contributed by atoms with E-state index in [0.29, 0.717) is 0 Å². The van der Waals surface area contributed by atoms with Gasteiger partial charge in [-0.3, -0.25) is 4.79 Å². The number of halogens is 7. The predicted molar refractivity (Wildman–Crippen MR) is 82.4 cm³/mol. The maximum absolute atomic E-state index is 14.1. The van der Waals surface area contributed by atoms with Crippen molar-refractivity contribution in [2.24, 2.45) is 0 Å². The number of alkyl halides is 7. The molecule has 28 heavy (non-hydrogen) atoms. The van der Waals surface area contributed by atoms with Gasteiger partial charge in [-0.2, -0.15) is 30.7 Å². The smallest absolute Gasteiger partial charge is 0.460 e. The van der Waals surface area contributed by atoms with Gasteiger partial charge in [-0.25, -0.2) is 4.79 Å². The Kier molecular flexibility index (Phi) is 7.21. The molecule has 1 aromatic carbocycles.